The fourth-order valence-corrected chi connectivity index (χ4v) is 6.43. The highest BCUT2D eigenvalue weighted by atomic mass is 32.2. The third-order valence-corrected chi connectivity index (χ3v) is 8.28. The number of aliphatic hydroxyl groups is 1. The summed E-state index contributed by atoms with van der Waals surface area (Å²) in [6, 6.07) is 10.8. The largest absolute Gasteiger partial charge is 0.389 e. The molecule has 0 saturated carbocycles. The summed E-state index contributed by atoms with van der Waals surface area (Å²) in [7, 11) is -2.14. The molecule has 2 amide bonds. The smallest absolute Gasteiger partial charge is 0.271 e. The lowest BCUT2D eigenvalue weighted by Crippen LogP contribution is -2.53. The fourth-order valence-electron chi connectivity index (χ4n) is 3.75. The number of hydrogen-bond donors (Lipinski definition) is 4. The number of carbonyl (C=O) groups excluding carboxylic acids is 2. The molecule has 41 heavy (non-hydrogen) atoms. The molecule has 10 nitrogen and oxygen atoms in total. The Bertz CT molecular complexity index is 1410. The zero-order chi connectivity index (χ0) is 30.0. The molecule has 0 saturated heterocycles. The lowest BCUT2D eigenvalue weighted by Gasteiger charge is -2.30. The van der Waals surface area contributed by atoms with Gasteiger partial charge in [0.2, 0.25) is 15.9 Å². The van der Waals surface area contributed by atoms with E-state index in [0.717, 1.165) is 47.1 Å². The molecule has 2 aromatic carbocycles. The summed E-state index contributed by atoms with van der Waals surface area (Å²) < 4.78 is 58.2. The third kappa shape index (κ3) is 10.7. The molecule has 15 heteroatoms. The zero-order valence-electron chi connectivity index (χ0n) is 22.2. The standard InChI is InChI=1S/C26H30F2N4O6S3/c1-38-8-9-39-23(25(35)29-14-16-6-4-3-5-7-16)22(33)20(12-17-10-18(27)13-19(28)11-17)30-24(34)21-15-40-26(31-21)32-41(2,36)37/h3-7,10-11,13,15,20,22-23,33H,8-9,12,14H2,1-2H3,(H,29,35)(H,30,34)(H,31,32). The van der Waals surface area contributed by atoms with Gasteiger partial charge in [0.15, 0.2) is 5.13 Å². The maximum Gasteiger partial charge on any atom is 0.271 e. The van der Waals surface area contributed by atoms with Gasteiger partial charge in [0, 0.05) is 30.9 Å². The minimum atomic E-state index is -3.63. The molecule has 3 aromatic rings. The van der Waals surface area contributed by atoms with Gasteiger partial charge in [0.1, 0.15) is 22.6 Å². The molecule has 3 unspecified atom stereocenters. The lowest BCUT2D eigenvalue weighted by molar-refractivity contribution is -0.122. The van der Waals surface area contributed by atoms with E-state index in [2.05, 4.69) is 20.3 Å². The Morgan fingerprint density at radius 1 is 1.12 bits per heavy atom. The summed E-state index contributed by atoms with van der Waals surface area (Å²) in [4.78, 5) is 30.3. The van der Waals surface area contributed by atoms with Crippen molar-refractivity contribution in [1.82, 2.24) is 15.6 Å². The average Bonchev–Trinajstić information content (AvgIpc) is 3.36. The number of benzene rings is 2. The van der Waals surface area contributed by atoms with Crippen molar-refractivity contribution in [3.05, 3.63) is 82.4 Å². The zero-order valence-corrected chi connectivity index (χ0v) is 24.6. The van der Waals surface area contributed by atoms with Gasteiger partial charge in [0.25, 0.3) is 5.91 Å². The van der Waals surface area contributed by atoms with Crippen LogP contribution >= 0.6 is 23.1 Å². The van der Waals surface area contributed by atoms with Gasteiger partial charge in [0.05, 0.1) is 25.0 Å². The molecule has 3 rings (SSSR count). The molecule has 0 spiro atoms. The van der Waals surface area contributed by atoms with E-state index in [-0.39, 0.29) is 36.0 Å². The van der Waals surface area contributed by atoms with E-state index in [0.29, 0.717) is 11.8 Å². The second kappa shape index (κ2) is 15.2. The number of thioether (sulfide) groups is 1. The van der Waals surface area contributed by atoms with Crippen molar-refractivity contribution in [1.29, 1.82) is 0 Å². The topological polar surface area (TPSA) is 147 Å². The number of carbonyl (C=O) groups is 2. The number of amides is 2. The van der Waals surface area contributed by atoms with Crippen LogP contribution in [-0.2, 0) is 32.5 Å². The number of rotatable bonds is 15. The van der Waals surface area contributed by atoms with Gasteiger partial charge in [-0.2, -0.15) is 0 Å². The number of nitrogens with zero attached hydrogens (tertiary/aromatic N) is 1. The van der Waals surface area contributed by atoms with Crippen molar-refractivity contribution in [3.63, 3.8) is 0 Å². The van der Waals surface area contributed by atoms with E-state index >= 15 is 0 Å². The molecule has 3 atom stereocenters. The number of aliphatic hydroxyl groups excluding tert-OH is 1. The third-order valence-electron chi connectivity index (χ3n) is 5.58. The van der Waals surface area contributed by atoms with Crippen LogP contribution in [0.2, 0.25) is 0 Å². The van der Waals surface area contributed by atoms with E-state index in [1.165, 1.54) is 12.5 Å². The molecule has 0 aliphatic carbocycles. The Labute approximate surface area is 245 Å². The van der Waals surface area contributed by atoms with Crippen molar-refractivity contribution in [3.8, 4) is 0 Å². The molecule has 0 fully saturated rings. The maximum atomic E-state index is 14.0. The normalized spacial score (nSPS) is 13.7. The molecule has 0 aliphatic rings. The van der Waals surface area contributed by atoms with Crippen molar-refractivity contribution < 1.29 is 36.6 Å². The van der Waals surface area contributed by atoms with Gasteiger partial charge in [-0.05, 0) is 29.7 Å². The van der Waals surface area contributed by atoms with Gasteiger partial charge < -0.3 is 20.5 Å². The van der Waals surface area contributed by atoms with Crippen LogP contribution < -0.4 is 15.4 Å². The molecular weight excluding hydrogens is 599 g/mol. The SMILES string of the molecule is COCCSC(C(=O)NCc1ccccc1)C(O)C(Cc1cc(F)cc(F)c1)NC(=O)c1csc(NS(C)(=O)=O)n1. The number of aromatic nitrogens is 1. The summed E-state index contributed by atoms with van der Waals surface area (Å²) in [5.74, 6) is -2.65. The van der Waals surface area contributed by atoms with Crippen molar-refractivity contribution in [2.24, 2.45) is 0 Å². The average molecular weight is 629 g/mol. The van der Waals surface area contributed by atoms with E-state index in [9.17, 15) is 31.9 Å². The number of nitrogens with one attached hydrogen (secondary N) is 3. The van der Waals surface area contributed by atoms with Gasteiger partial charge in [-0.25, -0.2) is 22.2 Å². The molecule has 1 aromatic heterocycles. The van der Waals surface area contributed by atoms with Crippen LogP contribution in [0.15, 0.2) is 53.9 Å². The predicted octanol–water partition coefficient (Wildman–Crippen LogP) is 2.56. The van der Waals surface area contributed by atoms with E-state index in [1.807, 2.05) is 30.3 Å². The number of hydrogen-bond acceptors (Lipinski definition) is 9. The molecule has 1 heterocycles. The van der Waals surface area contributed by atoms with Crippen molar-refractivity contribution in [2.45, 2.75) is 30.4 Å². The number of ether oxygens (including phenoxy) is 1. The first-order valence-electron chi connectivity index (χ1n) is 12.2. The van der Waals surface area contributed by atoms with Crippen LogP contribution in [0.5, 0.6) is 0 Å². The first kappa shape index (κ1) is 32.4. The van der Waals surface area contributed by atoms with Gasteiger partial charge in [-0.15, -0.1) is 23.1 Å². The summed E-state index contributed by atoms with van der Waals surface area (Å²) in [5, 5.41) is 17.0. The highest BCUT2D eigenvalue weighted by molar-refractivity contribution is 8.00. The minimum Gasteiger partial charge on any atom is -0.389 e. The van der Waals surface area contributed by atoms with Crippen LogP contribution in [-0.4, -0.2) is 73.4 Å². The second-order valence-electron chi connectivity index (χ2n) is 8.95. The van der Waals surface area contributed by atoms with Crippen LogP contribution in [0.25, 0.3) is 0 Å². The number of sulfonamides is 1. The number of halogens is 2. The molecule has 0 bridgehead atoms. The predicted molar refractivity (Wildman–Crippen MR) is 154 cm³/mol. The van der Waals surface area contributed by atoms with Crippen LogP contribution in [0, 0.1) is 11.6 Å². The van der Waals surface area contributed by atoms with Crippen LogP contribution in [0.3, 0.4) is 0 Å². The summed E-state index contributed by atoms with van der Waals surface area (Å²) in [5.41, 5.74) is 0.814. The lowest BCUT2D eigenvalue weighted by atomic mass is 9.98. The number of methoxy groups -OCH3 is 1. The van der Waals surface area contributed by atoms with Gasteiger partial charge in [-0.1, -0.05) is 30.3 Å². The van der Waals surface area contributed by atoms with Gasteiger partial charge >= 0.3 is 0 Å². The highest BCUT2D eigenvalue weighted by Crippen LogP contribution is 2.22. The molecule has 4 N–H and O–H groups in total. The monoisotopic (exact) mass is 628 g/mol. The molecule has 222 valence electrons. The first-order chi connectivity index (χ1) is 19.4. The fraction of sp³-hybridized carbons (Fsp3) is 0.346. The quantitative estimate of drug-likeness (QED) is 0.188. The minimum absolute atomic E-state index is 0.0461. The van der Waals surface area contributed by atoms with E-state index < -0.39 is 50.9 Å². The Balaban J connectivity index is 1.87. The summed E-state index contributed by atoms with van der Waals surface area (Å²) in [6.07, 6.45) is -0.814. The van der Waals surface area contributed by atoms with Crippen molar-refractivity contribution >= 4 is 50.1 Å². The molecule has 0 radical (unpaired) electrons. The Morgan fingerprint density at radius 2 is 1.80 bits per heavy atom. The Kier molecular flexibility index (Phi) is 12.0. The van der Waals surface area contributed by atoms with Crippen LogP contribution in [0.1, 0.15) is 21.6 Å². The molecular formula is C26H30F2N4O6S3. The number of thiazole rings is 1. The Morgan fingerprint density at radius 3 is 2.44 bits per heavy atom. The van der Waals surface area contributed by atoms with Crippen LogP contribution in [0.4, 0.5) is 13.9 Å². The van der Waals surface area contributed by atoms with E-state index in [1.54, 1.807) is 0 Å². The molecule has 0 aliphatic heterocycles. The Hall–Kier alpha value is -3.11. The number of anilines is 1. The van der Waals surface area contributed by atoms with Crippen molar-refractivity contribution in [2.75, 3.05) is 30.4 Å². The maximum absolute atomic E-state index is 14.0. The highest BCUT2D eigenvalue weighted by Gasteiger charge is 2.35. The van der Waals surface area contributed by atoms with Gasteiger partial charge in [-0.3, -0.25) is 14.3 Å². The second-order valence-corrected chi connectivity index (χ2v) is 12.8. The summed E-state index contributed by atoms with van der Waals surface area (Å²) in [6.45, 7) is 0.468. The summed E-state index contributed by atoms with van der Waals surface area (Å²) >= 11 is 1.97. The van der Waals surface area contributed by atoms with E-state index in [4.69, 9.17) is 4.74 Å². The first-order valence-corrected chi connectivity index (χ1v) is 16.1.